The van der Waals surface area contributed by atoms with Crippen LogP contribution in [0.5, 0.6) is 5.75 Å². The molecule has 0 aliphatic carbocycles. The predicted octanol–water partition coefficient (Wildman–Crippen LogP) is 1.87. The van der Waals surface area contributed by atoms with Crippen LogP contribution in [0, 0.1) is 6.92 Å². The number of hydrogen-bond acceptors (Lipinski definition) is 7. The SMILES string of the molecule is C=CCOCC(COc1ccc(C)cc1)OCOCS(=O)(=O)OC. The molecule has 8 heteroatoms. The van der Waals surface area contributed by atoms with Gasteiger partial charge in [0.2, 0.25) is 0 Å². The van der Waals surface area contributed by atoms with E-state index in [9.17, 15) is 8.42 Å². The van der Waals surface area contributed by atoms with Gasteiger partial charge in [-0.25, -0.2) is 0 Å². The van der Waals surface area contributed by atoms with Crippen LogP contribution in [0.4, 0.5) is 0 Å². The van der Waals surface area contributed by atoms with E-state index in [1.165, 1.54) is 0 Å². The molecule has 1 atom stereocenters. The Morgan fingerprint density at radius 3 is 2.50 bits per heavy atom. The molecule has 0 aliphatic rings. The second-order valence-corrected chi connectivity index (χ2v) is 6.59. The summed E-state index contributed by atoms with van der Waals surface area (Å²) in [6.45, 7) is 6.22. The third-order valence-corrected chi connectivity index (χ3v) is 3.83. The molecule has 136 valence electrons. The van der Waals surface area contributed by atoms with Crippen molar-refractivity contribution in [1.29, 1.82) is 0 Å². The highest BCUT2D eigenvalue weighted by Gasteiger charge is 2.13. The molecular formula is C16H24O7S. The van der Waals surface area contributed by atoms with E-state index in [1.807, 2.05) is 31.2 Å². The first-order valence-electron chi connectivity index (χ1n) is 7.32. The van der Waals surface area contributed by atoms with Gasteiger partial charge in [0, 0.05) is 0 Å². The van der Waals surface area contributed by atoms with Gasteiger partial charge in [-0.3, -0.25) is 4.18 Å². The molecule has 7 nitrogen and oxygen atoms in total. The lowest BCUT2D eigenvalue weighted by atomic mass is 10.2. The molecular weight excluding hydrogens is 336 g/mol. The minimum absolute atomic E-state index is 0.220. The monoisotopic (exact) mass is 360 g/mol. The molecule has 1 rings (SSSR count). The van der Waals surface area contributed by atoms with Crippen molar-refractivity contribution in [3.8, 4) is 5.75 Å². The summed E-state index contributed by atoms with van der Waals surface area (Å²) < 4.78 is 47.9. The molecule has 0 spiro atoms. The first-order valence-corrected chi connectivity index (χ1v) is 8.90. The molecule has 0 heterocycles. The molecule has 0 saturated carbocycles. The van der Waals surface area contributed by atoms with Crippen LogP contribution in [0.25, 0.3) is 0 Å². The van der Waals surface area contributed by atoms with Gasteiger partial charge in [0.1, 0.15) is 25.3 Å². The topological polar surface area (TPSA) is 80.3 Å². The van der Waals surface area contributed by atoms with Crippen molar-refractivity contribution >= 4 is 10.1 Å². The lowest BCUT2D eigenvalue weighted by Crippen LogP contribution is -2.29. The van der Waals surface area contributed by atoms with Crippen LogP contribution in [-0.4, -0.2) is 54.2 Å². The molecule has 0 bridgehead atoms. The maximum Gasteiger partial charge on any atom is 0.291 e. The third kappa shape index (κ3) is 8.99. The normalized spacial score (nSPS) is 12.8. The summed E-state index contributed by atoms with van der Waals surface area (Å²) in [5.41, 5.74) is 1.14. The molecule has 24 heavy (non-hydrogen) atoms. The van der Waals surface area contributed by atoms with E-state index in [-0.39, 0.29) is 20.0 Å². The predicted molar refractivity (Wildman–Crippen MR) is 89.3 cm³/mol. The van der Waals surface area contributed by atoms with Crippen molar-refractivity contribution < 1.29 is 31.5 Å². The van der Waals surface area contributed by atoms with Crippen LogP contribution in [-0.2, 0) is 28.5 Å². The van der Waals surface area contributed by atoms with Crippen molar-refractivity contribution in [2.24, 2.45) is 0 Å². The summed E-state index contributed by atoms with van der Waals surface area (Å²) in [4.78, 5) is 0. The number of aryl methyl sites for hydroxylation is 1. The van der Waals surface area contributed by atoms with E-state index in [4.69, 9.17) is 18.9 Å². The quantitative estimate of drug-likeness (QED) is 0.230. The van der Waals surface area contributed by atoms with Crippen molar-refractivity contribution in [3.63, 3.8) is 0 Å². The van der Waals surface area contributed by atoms with Crippen LogP contribution in [0.15, 0.2) is 36.9 Å². The molecule has 1 aromatic carbocycles. The van der Waals surface area contributed by atoms with Gasteiger partial charge in [-0.05, 0) is 19.1 Å². The van der Waals surface area contributed by atoms with E-state index in [0.29, 0.717) is 12.4 Å². The Labute approximate surface area is 143 Å². The zero-order chi connectivity index (χ0) is 17.8. The van der Waals surface area contributed by atoms with E-state index in [0.717, 1.165) is 12.7 Å². The molecule has 0 saturated heterocycles. The van der Waals surface area contributed by atoms with E-state index >= 15 is 0 Å². The number of hydrogen-bond donors (Lipinski definition) is 0. The number of rotatable bonds is 13. The van der Waals surface area contributed by atoms with Gasteiger partial charge in [-0.1, -0.05) is 23.8 Å². The lowest BCUT2D eigenvalue weighted by Gasteiger charge is -2.18. The minimum atomic E-state index is -3.68. The van der Waals surface area contributed by atoms with Gasteiger partial charge < -0.3 is 18.9 Å². The van der Waals surface area contributed by atoms with Crippen LogP contribution in [0.3, 0.4) is 0 Å². The molecule has 1 unspecified atom stereocenters. The van der Waals surface area contributed by atoms with Crippen LogP contribution >= 0.6 is 0 Å². The highest BCUT2D eigenvalue weighted by molar-refractivity contribution is 7.86. The molecule has 0 amide bonds. The Kier molecular flexibility index (Phi) is 9.58. The van der Waals surface area contributed by atoms with Crippen LogP contribution in [0.2, 0.25) is 0 Å². The first kappa shape index (κ1) is 20.6. The Morgan fingerprint density at radius 1 is 1.17 bits per heavy atom. The summed E-state index contributed by atoms with van der Waals surface area (Å²) in [5, 5.41) is 0. The first-order chi connectivity index (χ1) is 11.5. The smallest absolute Gasteiger partial charge is 0.291 e. The minimum Gasteiger partial charge on any atom is -0.491 e. The van der Waals surface area contributed by atoms with Crippen molar-refractivity contribution in [1.82, 2.24) is 0 Å². The van der Waals surface area contributed by atoms with E-state index in [2.05, 4.69) is 10.8 Å². The fourth-order valence-electron chi connectivity index (χ4n) is 1.58. The van der Waals surface area contributed by atoms with E-state index in [1.54, 1.807) is 6.08 Å². The van der Waals surface area contributed by atoms with Crippen molar-refractivity contribution in [2.75, 3.05) is 39.7 Å². The standard InChI is InChI=1S/C16H24O7S/c1-4-9-20-10-16(23-12-21-13-24(17,18)19-3)11-22-15-7-5-14(2)6-8-15/h4-8,16H,1,9-13H2,2-3H3. The average molecular weight is 360 g/mol. The molecule has 0 N–H and O–H groups in total. The summed E-state index contributed by atoms with van der Waals surface area (Å²) in [7, 11) is -2.61. The number of ether oxygens (including phenoxy) is 4. The van der Waals surface area contributed by atoms with Crippen molar-refractivity contribution in [3.05, 3.63) is 42.5 Å². The Balaban J connectivity index is 2.41. The highest BCUT2D eigenvalue weighted by atomic mass is 32.2. The second kappa shape index (κ2) is 11.2. The van der Waals surface area contributed by atoms with Gasteiger partial charge in [0.15, 0.2) is 5.94 Å². The Bertz CT molecular complexity index is 569. The van der Waals surface area contributed by atoms with Crippen LogP contribution in [0.1, 0.15) is 5.56 Å². The molecule has 0 radical (unpaired) electrons. The Hall–Kier alpha value is -1.45. The highest BCUT2D eigenvalue weighted by Crippen LogP contribution is 2.12. The maximum atomic E-state index is 11.1. The van der Waals surface area contributed by atoms with Gasteiger partial charge in [0.25, 0.3) is 10.1 Å². The molecule has 0 fully saturated rings. The molecule has 1 aromatic rings. The van der Waals surface area contributed by atoms with Crippen molar-refractivity contribution in [2.45, 2.75) is 13.0 Å². The van der Waals surface area contributed by atoms with Gasteiger partial charge in [0.05, 0.1) is 20.3 Å². The van der Waals surface area contributed by atoms with E-state index < -0.39 is 22.2 Å². The molecule has 0 aromatic heterocycles. The molecule has 0 aliphatic heterocycles. The Morgan fingerprint density at radius 2 is 1.88 bits per heavy atom. The van der Waals surface area contributed by atoms with Crippen LogP contribution < -0.4 is 4.74 Å². The lowest BCUT2D eigenvalue weighted by molar-refractivity contribution is -0.111. The number of benzene rings is 1. The zero-order valence-corrected chi connectivity index (χ0v) is 14.8. The summed E-state index contributed by atoms with van der Waals surface area (Å²) in [5.74, 6) is 0.128. The maximum absolute atomic E-state index is 11.1. The summed E-state index contributed by atoms with van der Waals surface area (Å²) in [6.07, 6.45) is 1.20. The summed E-state index contributed by atoms with van der Waals surface area (Å²) >= 11 is 0. The largest absolute Gasteiger partial charge is 0.491 e. The zero-order valence-electron chi connectivity index (χ0n) is 14.0. The van der Waals surface area contributed by atoms with Gasteiger partial charge in [-0.2, -0.15) is 8.42 Å². The average Bonchev–Trinajstić information content (AvgIpc) is 2.57. The second-order valence-electron chi connectivity index (χ2n) is 4.90. The third-order valence-electron chi connectivity index (χ3n) is 2.87. The summed E-state index contributed by atoms with van der Waals surface area (Å²) in [6, 6.07) is 7.60. The fourth-order valence-corrected chi connectivity index (χ4v) is 1.95. The van der Waals surface area contributed by atoms with Gasteiger partial charge >= 0.3 is 0 Å². The van der Waals surface area contributed by atoms with Gasteiger partial charge in [-0.15, -0.1) is 6.58 Å². The fraction of sp³-hybridized carbons (Fsp3) is 0.500.